The van der Waals surface area contributed by atoms with E-state index in [0.717, 1.165) is 0 Å². The predicted molar refractivity (Wildman–Crippen MR) is 114 cm³/mol. The Balaban J connectivity index is 2.05. The maximum atomic E-state index is 12.6. The van der Waals surface area contributed by atoms with Gasteiger partial charge in [-0.3, -0.25) is 9.59 Å². The van der Waals surface area contributed by atoms with E-state index in [2.05, 4.69) is 10.6 Å². The number of hydrogen-bond donors (Lipinski definition) is 3. The molecule has 0 aromatic heterocycles. The van der Waals surface area contributed by atoms with Crippen molar-refractivity contribution in [3.8, 4) is 5.75 Å². The molecule has 192 valence electrons. The van der Waals surface area contributed by atoms with Crippen molar-refractivity contribution in [2.45, 2.75) is 37.7 Å². The molecule has 0 heterocycles. The lowest BCUT2D eigenvalue weighted by Gasteiger charge is -2.19. The second kappa shape index (κ2) is 12.4. The van der Waals surface area contributed by atoms with E-state index in [9.17, 15) is 35.9 Å². The standard InChI is InChI=1S/C23H24F6N2O4/c24-22(25,26)9-12-35-18-7-3-15(4-8-18)13-19(21(34)30-10-11-32)31-20(33)17-5-1-16(2-6-17)14-23(27,28)29/h1-8,19,32H,9-14H2,(H,30,34)(H,31,33). The highest BCUT2D eigenvalue weighted by Crippen LogP contribution is 2.22. The van der Waals surface area contributed by atoms with Gasteiger partial charge in [-0.05, 0) is 35.4 Å². The van der Waals surface area contributed by atoms with E-state index in [1.807, 2.05) is 0 Å². The number of halogens is 6. The first-order valence-corrected chi connectivity index (χ1v) is 10.5. The number of carbonyl (C=O) groups is 2. The predicted octanol–water partition coefficient (Wildman–Crippen LogP) is 3.57. The minimum atomic E-state index is -4.39. The molecule has 0 aliphatic rings. The van der Waals surface area contributed by atoms with Gasteiger partial charge in [0.05, 0.1) is 26.1 Å². The summed E-state index contributed by atoms with van der Waals surface area (Å²) in [6.45, 7) is -0.951. The molecule has 0 radical (unpaired) electrons. The van der Waals surface area contributed by atoms with Crippen LogP contribution in [-0.4, -0.2) is 55.1 Å². The number of carbonyl (C=O) groups excluding carboxylic acids is 2. The molecule has 0 saturated carbocycles. The van der Waals surface area contributed by atoms with Crippen LogP contribution < -0.4 is 15.4 Å². The number of aliphatic hydroxyl groups is 1. The molecule has 2 aromatic rings. The Morgan fingerprint density at radius 3 is 2.03 bits per heavy atom. The van der Waals surface area contributed by atoms with E-state index in [0.29, 0.717) is 5.56 Å². The normalized spacial score (nSPS) is 12.7. The molecule has 35 heavy (non-hydrogen) atoms. The van der Waals surface area contributed by atoms with Crippen molar-refractivity contribution in [3.05, 3.63) is 65.2 Å². The van der Waals surface area contributed by atoms with Crippen LogP contribution in [0.3, 0.4) is 0 Å². The molecule has 2 aromatic carbocycles. The average molecular weight is 506 g/mol. The van der Waals surface area contributed by atoms with Gasteiger partial charge < -0.3 is 20.5 Å². The third-order valence-electron chi connectivity index (χ3n) is 4.67. The summed E-state index contributed by atoms with van der Waals surface area (Å²) in [6.07, 6.45) is -11.0. The number of benzene rings is 2. The summed E-state index contributed by atoms with van der Waals surface area (Å²) in [6, 6.07) is 9.56. The molecule has 0 saturated heterocycles. The van der Waals surface area contributed by atoms with Crippen LogP contribution in [0.25, 0.3) is 0 Å². The van der Waals surface area contributed by atoms with E-state index in [1.165, 1.54) is 48.5 Å². The molecule has 0 spiro atoms. The topological polar surface area (TPSA) is 87.7 Å². The largest absolute Gasteiger partial charge is 0.493 e. The highest BCUT2D eigenvalue weighted by molar-refractivity contribution is 5.97. The number of amides is 2. The van der Waals surface area contributed by atoms with Crippen molar-refractivity contribution >= 4 is 11.8 Å². The van der Waals surface area contributed by atoms with Gasteiger partial charge in [0.2, 0.25) is 5.91 Å². The Morgan fingerprint density at radius 2 is 1.49 bits per heavy atom. The van der Waals surface area contributed by atoms with Gasteiger partial charge in [0.25, 0.3) is 5.91 Å². The molecule has 0 aliphatic carbocycles. The van der Waals surface area contributed by atoms with Gasteiger partial charge in [0, 0.05) is 18.5 Å². The molecular formula is C23H24F6N2O4. The summed E-state index contributed by atoms with van der Waals surface area (Å²) in [5.41, 5.74) is 0.575. The van der Waals surface area contributed by atoms with Gasteiger partial charge in [0.15, 0.2) is 0 Å². The third kappa shape index (κ3) is 10.7. The van der Waals surface area contributed by atoms with Crippen LogP contribution in [0.2, 0.25) is 0 Å². The van der Waals surface area contributed by atoms with Crippen molar-refractivity contribution in [1.82, 2.24) is 10.6 Å². The summed E-state index contributed by atoms with van der Waals surface area (Å²) in [4.78, 5) is 25.1. The fourth-order valence-electron chi connectivity index (χ4n) is 3.00. The first-order chi connectivity index (χ1) is 16.4. The fourth-order valence-corrected chi connectivity index (χ4v) is 3.00. The fraction of sp³-hybridized carbons (Fsp3) is 0.391. The molecule has 1 atom stereocenters. The summed E-state index contributed by atoms with van der Waals surface area (Å²) in [7, 11) is 0. The van der Waals surface area contributed by atoms with E-state index < -0.39 is 49.7 Å². The number of ether oxygens (including phenoxy) is 1. The van der Waals surface area contributed by atoms with Crippen molar-refractivity contribution in [2.75, 3.05) is 19.8 Å². The third-order valence-corrected chi connectivity index (χ3v) is 4.67. The van der Waals surface area contributed by atoms with E-state index >= 15 is 0 Å². The summed E-state index contributed by atoms with van der Waals surface area (Å²) in [5, 5.41) is 13.9. The van der Waals surface area contributed by atoms with Crippen molar-refractivity contribution in [2.24, 2.45) is 0 Å². The van der Waals surface area contributed by atoms with Crippen molar-refractivity contribution in [3.63, 3.8) is 0 Å². The zero-order valence-electron chi connectivity index (χ0n) is 18.4. The van der Waals surface area contributed by atoms with Crippen LogP contribution in [0.4, 0.5) is 26.3 Å². The molecule has 6 nitrogen and oxygen atoms in total. The molecule has 3 N–H and O–H groups in total. The lowest BCUT2D eigenvalue weighted by Crippen LogP contribution is -2.48. The molecule has 1 unspecified atom stereocenters. The Morgan fingerprint density at radius 1 is 0.886 bits per heavy atom. The molecule has 0 fully saturated rings. The summed E-state index contributed by atoms with van der Waals surface area (Å²) in [5.74, 6) is -1.10. The first kappa shape index (κ1) is 28.0. The highest BCUT2D eigenvalue weighted by atomic mass is 19.4. The van der Waals surface area contributed by atoms with Crippen LogP contribution in [0.5, 0.6) is 5.75 Å². The Kier molecular flexibility index (Phi) is 9.93. The van der Waals surface area contributed by atoms with Gasteiger partial charge in [-0.1, -0.05) is 24.3 Å². The number of hydrogen-bond acceptors (Lipinski definition) is 4. The van der Waals surface area contributed by atoms with Gasteiger partial charge in [-0.25, -0.2) is 0 Å². The minimum Gasteiger partial charge on any atom is -0.493 e. The minimum absolute atomic E-state index is 0.00199. The second-order valence-corrected chi connectivity index (χ2v) is 7.59. The van der Waals surface area contributed by atoms with Crippen LogP contribution in [0.15, 0.2) is 48.5 Å². The van der Waals surface area contributed by atoms with Gasteiger partial charge in [-0.2, -0.15) is 26.3 Å². The number of aliphatic hydroxyl groups excluding tert-OH is 1. The maximum Gasteiger partial charge on any atom is 0.393 e. The summed E-state index contributed by atoms with van der Waals surface area (Å²) < 4.78 is 79.3. The number of alkyl halides is 6. The lowest BCUT2D eigenvalue weighted by atomic mass is 10.0. The second-order valence-electron chi connectivity index (χ2n) is 7.59. The van der Waals surface area contributed by atoms with E-state index in [1.54, 1.807) is 0 Å². The molecular weight excluding hydrogens is 482 g/mol. The Labute approximate surface area is 197 Å². The number of rotatable bonds is 11. The van der Waals surface area contributed by atoms with Crippen LogP contribution >= 0.6 is 0 Å². The zero-order valence-corrected chi connectivity index (χ0v) is 18.4. The quantitative estimate of drug-likeness (QED) is 0.407. The first-order valence-electron chi connectivity index (χ1n) is 10.5. The van der Waals surface area contributed by atoms with E-state index in [4.69, 9.17) is 9.84 Å². The zero-order chi connectivity index (χ0) is 26.1. The molecule has 0 bridgehead atoms. The smallest absolute Gasteiger partial charge is 0.393 e. The van der Waals surface area contributed by atoms with Crippen LogP contribution in [-0.2, 0) is 17.6 Å². The van der Waals surface area contributed by atoms with Crippen molar-refractivity contribution in [1.29, 1.82) is 0 Å². The Bertz CT molecular complexity index is 960. The molecule has 0 aliphatic heterocycles. The van der Waals surface area contributed by atoms with Gasteiger partial charge >= 0.3 is 12.4 Å². The summed E-state index contributed by atoms with van der Waals surface area (Å²) >= 11 is 0. The Hall–Kier alpha value is -3.28. The lowest BCUT2D eigenvalue weighted by molar-refractivity contribution is -0.139. The number of nitrogens with one attached hydrogen (secondary N) is 2. The molecule has 2 rings (SSSR count). The highest BCUT2D eigenvalue weighted by Gasteiger charge is 2.28. The van der Waals surface area contributed by atoms with Crippen molar-refractivity contribution < 1.29 is 45.8 Å². The van der Waals surface area contributed by atoms with Crippen LogP contribution in [0.1, 0.15) is 27.9 Å². The van der Waals surface area contributed by atoms with Gasteiger partial charge in [-0.15, -0.1) is 0 Å². The van der Waals surface area contributed by atoms with Crippen LogP contribution in [0, 0.1) is 0 Å². The SMILES string of the molecule is O=C(NC(Cc1ccc(OCCC(F)(F)F)cc1)C(=O)NCCO)c1ccc(CC(F)(F)F)cc1. The monoisotopic (exact) mass is 506 g/mol. The van der Waals surface area contributed by atoms with E-state index in [-0.39, 0.29) is 36.4 Å². The molecule has 2 amide bonds. The van der Waals surface area contributed by atoms with Gasteiger partial charge in [0.1, 0.15) is 11.8 Å². The molecule has 12 heteroatoms. The average Bonchev–Trinajstić information content (AvgIpc) is 2.76. The maximum absolute atomic E-state index is 12.6.